The van der Waals surface area contributed by atoms with E-state index in [9.17, 15) is 0 Å². The molecule has 0 aliphatic rings. The van der Waals surface area contributed by atoms with Gasteiger partial charge in [0.05, 0.1) is 0 Å². The monoisotopic (exact) mass is 260 g/mol. The minimum Gasteiger partial charge on any atom is -0.0992 e. The van der Waals surface area contributed by atoms with Crippen LogP contribution >= 0.6 is 0 Å². The lowest BCUT2D eigenvalue weighted by Gasteiger charge is -1.98. The van der Waals surface area contributed by atoms with Crippen LogP contribution in [0.5, 0.6) is 0 Å². The SMILES string of the molecule is C=C(CC=Cc1ccccc1)CC=Cc1ccccc1. The van der Waals surface area contributed by atoms with Gasteiger partial charge in [0.1, 0.15) is 0 Å². The Morgan fingerprint density at radius 2 is 1.10 bits per heavy atom. The lowest BCUT2D eigenvalue weighted by atomic mass is 10.1. The molecule has 2 aromatic rings. The molecule has 0 bridgehead atoms. The average Bonchev–Trinajstić information content (AvgIpc) is 2.49. The zero-order chi connectivity index (χ0) is 14.0. The van der Waals surface area contributed by atoms with Gasteiger partial charge in [0.25, 0.3) is 0 Å². The molecule has 2 aromatic carbocycles. The first-order chi connectivity index (χ1) is 9.84. The van der Waals surface area contributed by atoms with Gasteiger partial charge in [-0.2, -0.15) is 0 Å². The average molecular weight is 260 g/mol. The summed E-state index contributed by atoms with van der Waals surface area (Å²) >= 11 is 0. The summed E-state index contributed by atoms with van der Waals surface area (Å²) in [6, 6.07) is 20.7. The van der Waals surface area contributed by atoms with E-state index in [0.29, 0.717) is 0 Å². The highest BCUT2D eigenvalue weighted by Crippen LogP contribution is 2.10. The first-order valence-electron chi connectivity index (χ1n) is 6.94. The van der Waals surface area contributed by atoms with Crippen LogP contribution in [-0.2, 0) is 0 Å². The summed E-state index contributed by atoms with van der Waals surface area (Å²) in [6.07, 6.45) is 10.5. The molecule has 0 aliphatic carbocycles. The van der Waals surface area contributed by atoms with E-state index >= 15 is 0 Å². The van der Waals surface area contributed by atoms with Crippen LogP contribution in [0.2, 0.25) is 0 Å². The fourth-order valence-electron chi connectivity index (χ4n) is 1.93. The summed E-state index contributed by atoms with van der Waals surface area (Å²) < 4.78 is 0. The third kappa shape index (κ3) is 5.11. The largest absolute Gasteiger partial charge is 0.0992 e. The standard InChI is InChI=1S/C20H20/c1-18(10-8-16-19-12-4-2-5-13-19)11-9-17-20-14-6-3-7-15-20/h2-9,12-17H,1,10-11H2. The number of benzene rings is 2. The molecule has 100 valence electrons. The van der Waals surface area contributed by atoms with Gasteiger partial charge in [-0.3, -0.25) is 0 Å². The van der Waals surface area contributed by atoms with Gasteiger partial charge < -0.3 is 0 Å². The summed E-state index contributed by atoms with van der Waals surface area (Å²) in [4.78, 5) is 0. The van der Waals surface area contributed by atoms with E-state index in [2.05, 4.69) is 79.4 Å². The van der Waals surface area contributed by atoms with Gasteiger partial charge in [-0.1, -0.05) is 97.1 Å². The van der Waals surface area contributed by atoms with Crippen LogP contribution in [0.25, 0.3) is 12.2 Å². The minimum absolute atomic E-state index is 0.925. The van der Waals surface area contributed by atoms with Gasteiger partial charge in [-0.25, -0.2) is 0 Å². The lowest BCUT2D eigenvalue weighted by Crippen LogP contribution is -1.77. The fourth-order valence-corrected chi connectivity index (χ4v) is 1.93. The predicted molar refractivity (Wildman–Crippen MR) is 89.3 cm³/mol. The second-order valence-electron chi connectivity index (χ2n) is 4.78. The number of hydrogen-bond acceptors (Lipinski definition) is 0. The maximum Gasteiger partial charge on any atom is -0.0135 e. The molecular weight excluding hydrogens is 240 g/mol. The molecule has 0 heteroatoms. The Bertz CT molecular complexity index is 520. The summed E-state index contributed by atoms with van der Waals surface area (Å²) in [5.41, 5.74) is 3.70. The highest BCUT2D eigenvalue weighted by molar-refractivity contribution is 5.50. The van der Waals surface area contributed by atoms with Gasteiger partial charge in [0.15, 0.2) is 0 Å². The van der Waals surface area contributed by atoms with Gasteiger partial charge in [-0.05, 0) is 24.0 Å². The molecular formula is C20H20. The minimum atomic E-state index is 0.925. The fraction of sp³-hybridized carbons (Fsp3) is 0.100. The van der Waals surface area contributed by atoms with Crippen LogP contribution in [0, 0.1) is 0 Å². The molecule has 0 unspecified atom stereocenters. The maximum absolute atomic E-state index is 4.11. The Morgan fingerprint density at radius 3 is 1.50 bits per heavy atom. The third-order valence-corrected chi connectivity index (χ3v) is 3.03. The first-order valence-corrected chi connectivity index (χ1v) is 6.94. The molecule has 2 rings (SSSR count). The summed E-state index contributed by atoms with van der Waals surface area (Å²) in [5.74, 6) is 0. The van der Waals surface area contributed by atoms with Crippen molar-refractivity contribution in [2.24, 2.45) is 0 Å². The summed E-state index contributed by atoms with van der Waals surface area (Å²) in [6.45, 7) is 4.11. The second kappa shape index (κ2) is 7.96. The van der Waals surface area contributed by atoms with Gasteiger partial charge in [0, 0.05) is 0 Å². The molecule has 20 heavy (non-hydrogen) atoms. The Labute approximate surface area is 121 Å². The molecule has 0 saturated carbocycles. The van der Waals surface area contributed by atoms with Crippen molar-refractivity contribution in [2.75, 3.05) is 0 Å². The van der Waals surface area contributed by atoms with E-state index in [1.54, 1.807) is 0 Å². The molecule has 0 atom stereocenters. The van der Waals surface area contributed by atoms with Crippen LogP contribution in [0.1, 0.15) is 24.0 Å². The van der Waals surface area contributed by atoms with Crippen molar-refractivity contribution in [3.63, 3.8) is 0 Å². The summed E-state index contributed by atoms with van der Waals surface area (Å²) in [7, 11) is 0. The van der Waals surface area contributed by atoms with Crippen molar-refractivity contribution in [1.29, 1.82) is 0 Å². The van der Waals surface area contributed by atoms with Crippen LogP contribution in [-0.4, -0.2) is 0 Å². The topological polar surface area (TPSA) is 0 Å². The van der Waals surface area contributed by atoms with Crippen LogP contribution in [0.3, 0.4) is 0 Å². The molecule has 0 spiro atoms. The van der Waals surface area contributed by atoms with E-state index in [1.807, 2.05) is 12.1 Å². The number of rotatable bonds is 6. The molecule has 0 N–H and O–H groups in total. The van der Waals surface area contributed by atoms with Crippen molar-refractivity contribution >= 4 is 12.2 Å². The highest BCUT2D eigenvalue weighted by Gasteiger charge is 1.89. The van der Waals surface area contributed by atoms with E-state index in [4.69, 9.17) is 0 Å². The van der Waals surface area contributed by atoms with Crippen molar-refractivity contribution in [2.45, 2.75) is 12.8 Å². The van der Waals surface area contributed by atoms with Gasteiger partial charge >= 0.3 is 0 Å². The normalized spacial score (nSPS) is 11.2. The van der Waals surface area contributed by atoms with Crippen molar-refractivity contribution in [3.8, 4) is 0 Å². The van der Waals surface area contributed by atoms with E-state index in [-0.39, 0.29) is 0 Å². The zero-order valence-corrected chi connectivity index (χ0v) is 11.7. The Morgan fingerprint density at radius 1 is 0.700 bits per heavy atom. The van der Waals surface area contributed by atoms with Crippen LogP contribution in [0.4, 0.5) is 0 Å². The molecule has 0 heterocycles. The van der Waals surface area contributed by atoms with E-state index in [0.717, 1.165) is 12.8 Å². The molecule has 0 aromatic heterocycles. The van der Waals surface area contributed by atoms with Crippen molar-refractivity contribution < 1.29 is 0 Å². The van der Waals surface area contributed by atoms with Crippen LogP contribution < -0.4 is 0 Å². The quantitative estimate of drug-likeness (QED) is 0.580. The molecule has 0 nitrogen and oxygen atoms in total. The predicted octanol–water partition coefficient (Wildman–Crippen LogP) is 5.75. The van der Waals surface area contributed by atoms with Gasteiger partial charge in [-0.15, -0.1) is 0 Å². The smallest absolute Gasteiger partial charge is 0.0135 e. The Kier molecular flexibility index (Phi) is 5.60. The molecule has 0 aliphatic heterocycles. The van der Waals surface area contributed by atoms with E-state index in [1.165, 1.54) is 16.7 Å². The van der Waals surface area contributed by atoms with Crippen molar-refractivity contribution in [1.82, 2.24) is 0 Å². The molecule has 0 radical (unpaired) electrons. The zero-order valence-electron chi connectivity index (χ0n) is 11.7. The number of allylic oxidation sites excluding steroid dienone is 3. The number of hydrogen-bond donors (Lipinski definition) is 0. The summed E-state index contributed by atoms with van der Waals surface area (Å²) in [5, 5.41) is 0. The molecule has 0 amide bonds. The van der Waals surface area contributed by atoms with Gasteiger partial charge in [0.2, 0.25) is 0 Å². The van der Waals surface area contributed by atoms with E-state index < -0.39 is 0 Å². The molecule has 0 saturated heterocycles. The Balaban J connectivity index is 1.76. The third-order valence-electron chi connectivity index (χ3n) is 3.03. The maximum atomic E-state index is 4.11. The lowest BCUT2D eigenvalue weighted by molar-refractivity contribution is 1.13. The molecule has 0 fully saturated rings. The van der Waals surface area contributed by atoms with Crippen molar-refractivity contribution in [3.05, 3.63) is 96.1 Å². The van der Waals surface area contributed by atoms with Crippen LogP contribution in [0.15, 0.2) is 85.0 Å². The Hall–Kier alpha value is -2.34. The first kappa shape index (κ1) is 14.1. The highest BCUT2D eigenvalue weighted by atomic mass is 14.0. The second-order valence-corrected chi connectivity index (χ2v) is 4.78.